The maximum atomic E-state index is 15.2. The van der Waals surface area contributed by atoms with E-state index in [2.05, 4.69) is 0 Å². The van der Waals surface area contributed by atoms with Crippen molar-refractivity contribution in [1.82, 2.24) is 0 Å². The Bertz CT molecular complexity index is 999. The molecule has 0 bridgehead atoms. The Morgan fingerprint density at radius 1 is 0.727 bits per heavy atom. The van der Waals surface area contributed by atoms with Crippen LogP contribution < -0.4 is 0 Å². The number of halogens is 6. The second-order valence-corrected chi connectivity index (χ2v) is 10.2. The average molecular weight is 509 g/mol. The van der Waals surface area contributed by atoms with Gasteiger partial charge < -0.3 is 0 Å². The number of hydrogen-bond acceptors (Lipinski definition) is 4. The quantitative estimate of drug-likeness (QED) is 0.241. The van der Waals surface area contributed by atoms with Gasteiger partial charge in [-0.25, -0.2) is 0 Å². The molecule has 2 aromatic rings. The van der Waals surface area contributed by atoms with E-state index < -0.39 is 40.0 Å². The highest BCUT2D eigenvalue weighted by molar-refractivity contribution is 7.14. The molecule has 1 aliphatic carbocycles. The van der Waals surface area contributed by atoms with Gasteiger partial charge in [0.2, 0.25) is 0 Å². The Kier molecular flexibility index (Phi) is 7.29. The van der Waals surface area contributed by atoms with E-state index in [-0.39, 0.29) is 32.4 Å². The van der Waals surface area contributed by atoms with E-state index in [4.69, 9.17) is 0 Å². The fraction of sp³-hybridized carbons (Fsp3) is 0.478. The van der Waals surface area contributed by atoms with Gasteiger partial charge in [0.05, 0.1) is 9.75 Å². The van der Waals surface area contributed by atoms with Crippen molar-refractivity contribution in [3.63, 3.8) is 0 Å². The summed E-state index contributed by atoms with van der Waals surface area (Å²) in [5.41, 5.74) is -3.82. The van der Waals surface area contributed by atoms with Crippen LogP contribution >= 0.6 is 22.7 Å². The number of hydrogen-bond donors (Lipinski definition) is 0. The Morgan fingerprint density at radius 3 is 1.39 bits per heavy atom. The van der Waals surface area contributed by atoms with Gasteiger partial charge in [-0.1, -0.05) is 26.7 Å². The lowest BCUT2D eigenvalue weighted by Gasteiger charge is -2.26. The molecule has 0 aliphatic heterocycles. The van der Waals surface area contributed by atoms with Crippen LogP contribution in [0.1, 0.15) is 79.8 Å². The zero-order valence-corrected chi connectivity index (χ0v) is 19.6. The molecule has 0 atom stereocenters. The summed E-state index contributed by atoms with van der Waals surface area (Å²) in [6, 6.07) is 1.98. The normalized spacial score (nSPS) is 18.7. The van der Waals surface area contributed by atoms with Crippen LogP contribution in [0.3, 0.4) is 0 Å². The topological polar surface area (TPSA) is 34.1 Å². The molecule has 2 heterocycles. The second kappa shape index (κ2) is 9.37. The fourth-order valence-electron chi connectivity index (χ4n) is 3.92. The molecular formula is C23H22F6O2S2. The summed E-state index contributed by atoms with van der Waals surface area (Å²) in [7, 11) is 0. The van der Waals surface area contributed by atoms with Crippen LogP contribution in [0.25, 0.3) is 11.1 Å². The van der Waals surface area contributed by atoms with Crippen LogP contribution in [-0.4, -0.2) is 30.3 Å². The molecule has 180 valence electrons. The zero-order valence-electron chi connectivity index (χ0n) is 18.0. The van der Waals surface area contributed by atoms with Gasteiger partial charge in [-0.05, 0) is 48.9 Å². The van der Waals surface area contributed by atoms with Crippen LogP contribution in [0.4, 0.5) is 26.3 Å². The molecule has 10 heteroatoms. The predicted molar refractivity (Wildman–Crippen MR) is 118 cm³/mol. The molecule has 0 unspecified atom stereocenters. The van der Waals surface area contributed by atoms with E-state index in [0.29, 0.717) is 38.3 Å². The van der Waals surface area contributed by atoms with Gasteiger partial charge in [0.25, 0.3) is 0 Å². The van der Waals surface area contributed by atoms with Crippen molar-refractivity contribution in [2.24, 2.45) is 0 Å². The molecule has 0 radical (unpaired) electrons. The van der Waals surface area contributed by atoms with Crippen LogP contribution in [0.15, 0.2) is 12.1 Å². The van der Waals surface area contributed by atoms with Gasteiger partial charge in [0.1, 0.15) is 0 Å². The highest BCUT2D eigenvalue weighted by Crippen LogP contribution is 2.65. The Morgan fingerprint density at radius 2 is 1.09 bits per heavy atom. The van der Waals surface area contributed by atoms with E-state index in [1.54, 1.807) is 0 Å². The first-order chi connectivity index (χ1) is 15.5. The van der Waals surface area contributed by atoms with Gasteiger partial charge in [0, 0.05) is 20.9 Å². The van der Waals surface area contributed by atoms with E-state index in [1.165, 1.54) is 0 Å². The summed E-state index contributed by atoms with van der Waals surface area (Å²) in [5.74, 6) is -16.0. The summed E-state index contributed by atoms with van der Waals surface area (Å²) in [4.78, 5) is 23.0. The number of allylic oxidation sites excluding steroid dienone is 2. The minimum absolute atomic E-state index is 0.0117. The molecule has 0 saturated carbocycles. The predicted octanol–water partition coefficient (Wildman–Crippen LogP) is 7.95. The molecule has 3 rings (SSSR count). The number of carbonyl (C=O) groups excluding carboxylic acids is 2. The number of thiophene rings is 2. The number of aldehydes is 2. The molecule has 2 nitrogen and oxygen atoms in total. The van der Waals surface area contributed by atoms with Gasteiger partial charge in [0.15, 0.2) is 12.6 Å². The van der Waals surface area contributed by atoms with Gasteiger partial charge in [-0.2, -0.15) is 26.3 Å². The van der Waals surface area contributed by atoms with Crippen LogP contribution in [0.5, 0.6) is 0 Å². The second-order valence-electron chi connectivity index (χ2n) is 7.89. The fourth-order valence-corrected chi connectivity index (χ4v) is 5.97. The van der Waals surface area contributed by atoms with E-state index in [9.17, 15) is 18.4 Å². The summed E-state index contributed by atoms with van der Waals surface area (Å²) < 4.78 is 89.9. The molecule has 0 N–H and O–H groups in total. The van der Waals surface area contributed by atoms with Crippen molar-refractivity contribution < 1.29 is 35.9 Å². The SMILES string of the molecule is CCCCc1sc(C=O)cc1C1=C(c2cc(C=O)sc2CCCC)C(F)(F)C(F)(F)C1(F)F. The van der Waals surface area contributed by atoms with Crippen molar-refractivity contribution in [2.45, 2.75) is 70.1 Å². The smallest absolute Gasteiger partial charge is 0.297 e. The minimum Gasteiger partial charge on any atom is -0.297 e. The van der Waals surface area contributed by atoms with Crippen molar-refractivity contribution in [2.75, 3.05) is 0 Å². The van der Waals surface area contributed by atoms with Crippen molar-refractivity contribution in [3.05, 3.63) is 42.8 Å². The number of alkyl halides is 6. The first kappa shape index (κ1) is 25.7. The highest BCUT2D eigenvalue weighted by Gasteiger charge is 2.80. The van der Waals surface area contributed by atoms with Gasteiger partial charge in [-0.15, -0.1) is 22.7 Å². The van der Waals surface area contributed by atoms with E-state index in [1.807, 2.05) is 13.8 Å². The monoisotopic (exact) mass is 508 g/mol. The van der Waals surface area contributed by atoms with E-state index in [0.717, 1.165) is 34.8 Å². The number of unbranched alkanes of at least 4 members (excludes halogenated alkanes) is 2. The first-order valence-corrected chi connectivity index (χ1v) is 12.2. The number of aryl methyl sites for hydroxylation is 2. The largest absolute Gasteiger partial charge is 0.380 e. The molecule has 0 saturated heterocycles. The number of carbonyl (C=O) groups is 2. The standard InChI is InChI=1S/C23H22F6O2S2/c1-3-5-7-17-15(9-13(11-30)32-17)19-20(22(26,27)23(28,29)21(19,24)25)16-10-14(12-31)33-18(16)8-6-4-2/h9-12H,3-8H2,1-2H3. The molecule has 2 aromatic heterocycles. The lowest BCUT2D eigenvalue weighted by Crippen LogP contribution is -2.49. The third-order valence-electron chi connectivity index (χ3n) is 5.61. The van der Waals surface area contributed by atoms with Crippen molar-refractivity contribution in [1.29, 1.82) is 0 Å². The lowest BCUT2D eigenvalue weighted by molar-refractivity contribution is -0.254. The van der Waals surface area contributed by atoms with Crippen molar-refractivity contribution >= 4 is 46.4 Å². The molecule has 1 aliphatic rings. The maximum absolute atomic E-state index is 15.2. The van der Waals surface area contributed by atoms with Crippen LogP contribution in [0.2, 0.25) is 0 Å². The third kappa shape index (κ3) is 4.09. The zero-order chi connectivity index (χ0) is 24.6. The average Bonchev–Trinajstić information content (AvgIpc) is 3.39. The molecule has 0 amide bonds. The summed E-state index contributed by atoms with van der Waals surface area (Å²) in [6.45, 7) is 3.66. The third-order valence-corrected chi connectivity index (χ3v) is 7.85. The molecule has 0 spiro atoms. The van der Waals surface area contributed by atoms with Gasteiger partial charge in [-0.3, -0.25) is 9.59 Å². The highest BCUT2D eigenvalue weighted by atomic mass is 32.1. The Balaban J connectivity index is 2.40. The summed E-state index contributed by atoms with van der Waals surface area (Å²) in [6.07, 6.45) is 3.43. The molecule has 33 heavy (non-hydrogen) atoms. The Labute approximate surface area is 195 Å². The summed E-state index contributed by atoms with van der Waals surface area (Å²) >= 11 is 1.67. The van der Waals surface area contributed by atoms with E-state index >= 15 is 17.6 Å². The maximum Gasteiger partial charge on any atom is 0.380 e. The van der Waals surface area contributed by atoms with Crippen molar-refractivity contribution in [3.8, 4) is 0 Å². The minimum atomic E-state index is -5.68. The lowest BCUT2D eigenvalue weighted by atomic mass is 9.93. The molecule has 0 fully saturated rings. The number of rotatable bonds is 10. The summed E-state index contributed by atoms with van der Waals surface area (Å²) in [5, 5.41) is 0. The van der Waals surface area contributed by atoms with Crippen LogP contribution in [0, 0.1) is 0 Å². The van der Waals surface area contributed by atoms with Gasteiger partial charge >= 0.3 is 17.8 Å². The Hall–Kier alpha value is -1.94. The first-order valence-electron chi connectivity index (χ1n) is 10.5. The molecule has 0 aromatic carbocycles. The van der Waals surface area contributed by atoms with Crippen LogP contribution in [-0.2, 0) is 12.8 Å². The molecular weight excluding hydrogens is 486 g/mol.